The van der Waals surface area contributed by atoms with Gasteiger partial charge in [0, 0.05) is 44.9 Å². The van der Waals surface area contributed by atoms with Crippen LogP contribution in [0.3, 0.4) is 0 Å². The summed E-state index contributed by atoms with van der Waals surface area (Å²) in [5.74, 6) is 2.01. The predicted octanol–water partition coefficient (Wildman–Crippen LogP) is 3.42. The number of anilines is 1. The Balaban J connectivity index is 1.53. The summed E-state index contributed by atoms with van der Waals surface area (Å²) >= 11 is 0. The largest absolute Gasteiger partial charge is 0.389 e. The van der Waals surface area contributed by atoms with Gasteiger partial charge in [-0.25, -0.2) is 0 Å². The Hall–Kier alpha value is -1.93. The zero-order valence-corrected chi connectivity index (χ0v) is 19.4. The lowest BCUT2D eigenvalue weighted by atomic mass is 10.1. The second-order valence-electron chi connectivity index (χ2n) is 9.50. The monoisotopic (exact) mass is 443 g/mol. The summed E-state index contributed by atoms with van der Waals surface area (Å²) in [6.07, 6.45) is 2.02. The molecule has 1 N–H and O–H groups in total. The molecule has 2 aliphatic rings. The van der Waals surface area contributed by atoms with Gasteiger partial charge in [0.15, 0.2) is 0 Å². The Kier molecular flexibility index (Phi) is 8.19. The van der Waals surface area contributed by atoms with Crippen LogP contribution >= 0.6 is 0 Å². The van der Waals surface area contributed by atoms with Crippen molar-refractivity contribution in [3.63, 3.8) is 0 Å². The second-order valence-corrected chi connectivity index (χ2v) is 9.50. The van der Waals surface area contributed by atoms with E-state index in [-0.39, 0.29) is 0 Å². The number of nitrogens with zero attached hydrogens (tertiary/aromatic N) is 3. The summed E-state index contributed by atoms with van der Waals surface area (Å²) in [4.78, 5) is 4.58. The molecule has 4 rings (SSSR count). The van der Waals surface area contributed by atoms with E-state index in [1.54, 1.807) is 0 Å². The molecule has 2 fully saturated rings. The lowest BCUT2D eigenvalue weighted by Crippen LogP contribution is -2.38. The molecule has 1 atom stereocenters. The van der Waals surface area contributed by atoms with Crippen molar-refractivity contribution in [2.75, 3.05) is 57.5 Å². The van der Waals surface area contributed by atoms with Gasteiger partial charge in [-0.3, -0.25) is 4.90 Å². The van der Waals surface area contributed by atoms with Gasteiger partial charge in [0.2, 0.25) is 5.88 Å². The fourth-order valence-electron chi connectivity index (χ4n) is 4.16. The van der Waals surface area contributed by atoms with Crippen LogP contribution in [0.4, 0.5) is 5.88 Å². The van der Waals surface area contributed by atoms with E-state index in [4.69, 9.17) is 14.0 Å². The molecule has 176 valence electrons. The highest BCUT2D eigenvalue weighted by atomic mass is 16.5. The fraction of sp³-hybridized carbons (Fsp3) is 0.640. The molecule has 2 aromatic rings. The molecule has 1 saturated heterocycles. The molecule has 1 aromatic heterocycles. The summed E-state index contributed by atoms with van der Waals surface area (Å²) in [6.45, 7) is 10.5. The number of morpholine rings is 1. The van der Waals surface area contributed by atoms with E-state index in [9.17, 15) is 5.11 Å². The van der Waals surface area contributed by atoms with Crippen molar-refractivity contribution >= 4 is 5.88 Å². The zero-order chi connectivity index (χ0) is 22.3. The van der Waals surface area contributed by atoms with Gasteiger partial charge in [-0.1, -0.05) is 49.3 Å². The van der Waals surface area contributed by atoms with Crippen LogP contribution in [0.5, 0.6) is 0 Å². The van der Waals surface area contributed by atoms with Crippen molar-refractivity contribution in [3.05, 3.63) is 35.9 Å². The highest BCUT2D eigenvalue weighted by molar-refractivity contribution is 5.68. The molecule has 2 heterocycles. The molecule has 7 nitrogen and oxygen atoms in total. The maximum absolute atomic E-state index is 10.7. The SMILES string of the molecule is CC(C)COC[C@@H](O)CN(Cc1c(-c2ccccc2)noc1N1CCOCC1)CC1CC1. The van der Waals surface area contributed by atoms with E-state index >= 15 is 0 Å². The second kappa shape index (κ2) is 11.3. The number of benzene rings is 1. The molecule has 7 heteroatoms. The van der Waals surface area contributed by atoms with Crippen LogP contribution in [0.1, 0.15) is 32.3 Å². The van der Waals surface area contributed by atoms with E-state index in [0.29, 0.717) is 51.4 Å². The smallest absolute Gasteiger partial charge is 0.232 e. The van der Waals surface area contributed by atoms with Gasteiger partial charge in [0.25, 0.3) is 0 Å². The zero-order valence-electron chi connectivity index (χ0n) is 19.4. The summed E-state index contributed by atoms with van der Waals surface area (Å²) in [5, 5.41) is 15.2. The summed E-state index contributed by atoms with van der Waals surface area (Å²) < 4.78 is 17.2. The van der Waals surface area contributed by atoms with E-state index in [1.165, 1.54) is 12.8 Å². The minimum atomic E-state index is -0.514. The van der Waals surface area contributed by atoms with Crippen molar-refractivity contribution in [3.8, 4) is 11.3 Å². The topological polar surface area (TPSA) is 71.2 Å². The molecule has 1 aliphatic carbocycles. The summed E-state index contributed by atoms with van der Waals surface area (Å²) in [7, 11) is 0. The molecule has 0 bridgehead atoms. The van der Waals surface area contributed by atoms with Crippen LogP contribution < -0.4 is 4.90 Å². The van der Waals surface area contributed by atoms with Gasteiger partial charge < -0.3 is 24.0 Å². The molecule has 1 aliphatic heterocycles. The van der Waals surface area contributed by atoms with Crippen LogP contribution in [0.25, 0.3) is 11.3 Å². The van der Waals surface area contributed by atoms with E-state index < -0.39 is 6.10 Å². The number of rotatable bonds is 12. The molecular formula is C25H37N3O4. The minimum absolute atomic E-state index is 0.366. The lowest BCUT2D eigenvalue weighted by Gasteiger charge is -2.29. The quantitative estimate of drug-likeness (QED) is 0.539. The predicted molar refractivity (Wildman–Crippen MR) is 125 cm³/mol. The summed E-state index contributed by atoms with van der Waals surface area (Å²) in [5.41, 5.74) is 3.03. The molecule has 32 heavy (non-hydrogen) atoms. The van der Waals surface area contributed by atoms with Crippen molar-refractivity contribution in [2.45, 2.75) is 39.3 Å². The molecule has 1 saturated carbocycles. The summed E-state index contributed by atoms with van der Waals surface area (Å²) in [6, 6.07) is 10.2. The highest BCUT2D eigenvalue weighted by Gasteiger charge is 2.30. The van der Waals surface area contributed by atoms with Gasteiger partial charge in [-0.2, -0.15) is 0 Å². The molecular weight excluding hydrogens is 406 g/mol. The Morgan fingerprint density at radius 3 is 2.59 bits per heavy atom. The van der Waals surface area contributed by atoms with E-state index in [2.05, 4.69) is 40.9 Å². The number of aliphatic hydroxyl groups excluding tert-OH is 1. The third kappa shape index (κ3) is 6.54. The average Bonchev–Trinajstić information content (AvgIpc) is 3.51. The normalized spacial score (nSPS) is 18.0. The van der Waals surface area contributed by atoms with Crippen LogP contribution in [0, 0.1) is 11.8 Å². The Bertz CT molecular complexity index is 816. The average molecular weight is 444 g/mol. The van der Waals surface area contributed by atoms with E-state index in [0.717, 1.165) is 42.3 Å². The number of hydrogen-bond acceptors (Lipinski definition) is 7. The Morgan fingerprint density at radius 2 is 1.91 bits per heavy atom. The Morgan fingerprint density at radius 1 is 1.16 bits per heavy atom. The minimum Gasteiger partial charge on any atom is -0.389 e. The molecule has 0 amide bonds. The number of hydrogen-bond donors (Lipinski definition) is 1. The van der Waals surface area contributed by atoms with Gasteiger partial charge in [0.1, 0.15) is 5.69 Å². The number of aromatic nitrogens is 1. The molecule has 0 radical (unpaired) electrons. The molecule has 0 spiro atoms. The maximum Gasteiger partial charge on any atom is 0.232 e. The maximum atomic E-state index is 10.7. The van der Waals surface area contributed by atoms with Gasteiger partial charge >= 0.3 is 0 Å². The van der Waals surface area contributed by atoms with Crippen molar-refractivity contribution in [1.82, 2.24) is 10.1 Å². The van der Waals surface area contributed by atoms with Crippen LogP contribution in [-0.2, 0) is 16.0 Å². The number of aliphatic hydroxyl groups is 1. The van der Waals surface area contributed by atoms with Crippen LogP contribution in [-0.4, -0.2) is 73.9 Å². The van der Waals surface area contributed by atoms with E-state index in [1.807, 2.05) is 18.2 Å². The van der Waals surface area contributed by atoms with Crippen molar-refractivity contribution in [1.29, 1.82) is 0 Å². The van der Waals surface area contributed by atoms with Gasteiger partial charge in [-0.15, -0.1) is 0 Å². The van der Waals surface area contributed by atoms with Crippen LogP contribution in [0.15, 0.2) is 34.9 Å². The van der Waals surface area contributed by atoms with Gasteiger partial charge in [0.05, 0.1) is 31.5 Å². The Labute approximate surface area is 191 Å². The van der Waals surface area contributed by atoms with Gasteiger partial charge in [-0.05, 0) is 24.7 Å². The third-order valence-corrected chi connectivity index (χ3v) is 5.94. The lowest BCUT2D eigenvalue weighted by molar-refractivity contribution is 0.00620. The first-order valence-corrected chi connectivity index (χ1v) is 11.9. The highest BCUT2D eigenvalue weighted by Crippen LogP contribution is 2.35. The number of ether oxygens (including phenoxy) is 2. The first-order valence-electron chi connectivity index (χ1n) is 11.9. The van der Waals surface area contributed by atoms with Crippen molar-refractivity contribution < 1.29 is 19.1 Å². The first-order chi connectivity index (χ1) is 15.6. The first kappa shape index (κ1) is 23.2. The van der Waals surface area contributed by atoms with Crippen LogP contribution in [0.2, 0.25) is 0 Å². The van der Waals surface area contributed by atoms with Crippen molar-refractivity contribution in [2.24, 2.45) is 11.8 Å². The standard InChI is InChI=1S/C25H37N3O4/c1-19(2)17-31-18-22(29)15-27(14-20-8-9-20)16-23-24(21-6-4-3-5-7-21)26-32-25(23)28-10-12-30-13-11-28/h3-7,19-20,22,29H,8-18H2,1-2H3/t22-/m0/s1. The molecule has 1 aromatic carbocycles. The third-order valence-electron chi connectivity index (χ3n) is 5.94. The fourth-order valence-corrected chi connectivity index (χ4v) is 4.16. The molecule has 0 unspecified atom stereocenters.